The van der Waals surface area contributed by atoms with Crippen LogP contribution in [0.25, 0.3) is 6.08 Å². The number of rotatable bonds is 9. The number of non-ortho nitro benzene ring substituents is 1. The van der Waals surface area contributed by atoms with Gasteiger partial charge in [-0.2, -0.15) is 0 Å². The van der Waals surface area contributed by atoms with Gasteiger partial charge in [0.15, 0.2) is 11.5 Å². The van der Waals surface area contributed by atoms with Gasteiger partial charge in [-0.05, 0) is 59.8 Å². The van der Waals surface area contributed by atoms with Gasteiger partial charge in [-0.25, -0.2) is 0 Å². The van der Waals surface area contributed by atoms with E-state index in [-0.39, 0.29) is 22.2 Å². The van der Waals surface area contributed by atoms with Crippen LogP contribution in [0.15, 0.2) is 65.6 Å². The molecule has 0 aliphatic carbocycles. The topological polar surface area (TPSA) is 171 Å². The molecule has 0 spiro atoms. The quantitative estimate of drug-likeness (QED) is 0.189. The lowest BCUT2D eigenvalue weighted by Gasteiger charge is -2.12. The van der Waals surface area contributed by atoms with E-state index in [1.54, 1.807) is 18.2 Å². The number of nitrogens with zero attached hydrogens (tertiary/aromatic N) is 3. The number of ether oxygens (including phenoxy) is 2. The van der Waals surface area contributed by atoms with E-state index in [1.165, 1.54) is 37.5 Å². The number of methoxy groups -OCH3 is 1. The van der Waals surface area contributed by atoms with Crippen LogP contribution in [-0.2, 0) is 9.59 Å². The molecule has 1 N–H and O–H groups in total. The summed E-state index contributed by atoms with van der Waals surface area (Å²) in [5, 5.41) is 24.7. The highest BCUT2D eigenvalue weighted by Crippen LogP contribution is 2.39. The molecular formula is C25H17ClN4O9S. The Morgan fingerprint density at radius 2 is 1.77 bits per heavy atom. The fraction of sp³-hybridized carbons (Fsp3) is 0.0800. The molecule has 40 heavy (non-hydrogen) atoms. The fourth-order valence-electron chi connectivity index (χ4n) is 3.52. The van der Waals surface area contributed by atoms with Crippen LogP contribution < -0.4 is 14.8 Å². The lowest BCUT2D eigenvalue weighted by Crippen LogP contribution is -2.36. The van der Waals surface area contributed by atoms with Gasteiger partial charge in [0.1, 0.15) is 6.54 Å². The van der Waals surface area contributed by atoms with Crippen molar-refractivity contribution in [2.24, 2.45) is 0 Å². The number of halogens is 1. The summed E-state index contributed by atoms with van der Waals surface area (Å²) < 4.78 is 10.9. The zero-order chi connectivity index (χ0) is 29.0. The van der Waals surface area contributed by atoms with Gasteiger partial charge >= 0.3 is 5.69 Å². The summed E-state index contributed by atoms with van der Waals surface area (Å²) in [5.74, 6) is -1.32. The van der Waals surface area contributed by atoms with Crippen molar-refractivity contribution in [2.45, 2.75) is 0 Å². The van der Waals surface area contributed by atoms with Crippen molar-refractivity contribution in [3.8, 4) is 17.2 Å². The van der Waals surface area contributed by atoms with Crippen LogP contribution >= 0.6 is 23.4 Å². The molecule has 0 aromatic heterocycles. The van der Waals surface area contributed by atoms with Gasteiger partial charge in [-0.1, -0.05) is 23.7 Å². The molecule has 0 bridgehead atoms. The van der Waals surface area contributed by atoms with Crippen molar-refractivity contribution >= 4 is 63.6 Å². The van der Waals surface area contributed by atoms with Crippen LogP contribution in [-0.4, -0.2) is 45.5 Å². The summed E-state index contributed by atoms with van der Waals surface area (Å²) >= 11 is 6.55. The molecule has 0 atom stereocenters. The van der Waals surface area contributed by atoms with Crippen LogP contribution in [0.5, 0.6) is 17.2 Å². The van der Waals surface area contributed by atoms with E-state index in [0.717, 1.165) is 23.1 Å². The Hall–Kier alpha value is -4.95. The van der Waals surface area contributed by atoms with Gasteiger partial charge in [0.05, 0.1) is 27.9 Å². The Kier molecular flexibility index (Phi) is 8.31. The highest BCUT2D eigenvalue weighted by Gasteiger charge is 2.36. The maximum absolute atomic E-state index is 12.8. The van der Waals surface area contributed by atoms with E-state index in [0.29, 0.717) is 28.0 Å². The van der Waals surface area contributed by atoms with Crippen molar-refractivity contribution in [2.75, 3.05) is 19.0 Å². The first-order valence-corrected chi connectivity index (χ1v) is 12.3. The summed E-state index contributed by atoms with van der Waals surface area (Å²) in [6.07, 6.45) is 1.42. The maximum Gasteiger partial charge on any atom is 0.318 e. The molecule has 1 aliphatic heterocycles. The van der Waals surface area contributed by atoms with E-state index >= 15 is 0 Å². The number of carbonyl (C=O) groups is 3. The van der Waals surface area contributed by atoms with Gasteiger partial charge in [-0.15, -0.1) is 0 Å². The number of imide groups is 1. The van der Waals surface area contributed by atoms with E-state index in [9.17, 15) is 34.6 Å². The number of thioether (sulfide) groups is 1. The third kappa shape index (κ3) is 6.36. The average Bonchev–Trinajstić information content (AvgIpc) is 3.16. The second-order valence-electron chi connectivity index (χ2n) is 8.00. The third-order valence-corrected chi connectivity index (χ3v) is 6.48. The molecule has 1 fully saturated rings. The molecule has 204 valence electrons. The molecular weight excluding hydrogens is 568 g/mol. The molecule has 0 unspecified atom stereocenters. The lowest BCUT2D eigenvalue weighted by molar-refractivity contribution is -0.394. The zero-order valence-corrected chi connectivity index (χ0v) is 21.9. The lowest BCUT2D eigenvalue weighted by atomic mass is 10.1. The highest BCUT2D eigenvalue weighted by atomic mass is 35.5. The van der Waals surface area contributed by atoms with Crippen LogP contribution in [0.1, 0.15) is 5.56 Å². The summed E-state index contributed by atoms with van der Waals surface area (Å²) in [6.45, 7) is -0.501. The largest absolute Gasteiger partial charge is 0.493 e. The number of nitro benzene ring substituents is 2. The van der Waals surface area contributed by atoms with Crippen LogP contribution in [0.2, 0.25) is 5.02 Å². The Morgan fingerprint density at radius 3 is 2.45 bits per heavy atom. The summed E-state index contributed by atoms with van der Waals surface area (Å²) in [4.78, 5) is 59.4. The maximum atomic E-state index is 12.8. The summed E-state index contributed by atoms with van der Waals surface area (Å²) in [6, 6.07) is 13.7. The predicted molar refractivity (Wildman–Crippen MR) is 146 cm³/mol. The summed E-state index contributed by atoms with van der Waals surface area (Å²) in [7, 11) is 1.32. The van der Waals surface area contributed by atoms with E-state index in [1.807, 2.05) is 0 Å². The smallest absolute Gasteiger partial charge is 0.318 e. The van der Waals surface area contributed by atoms with Gasteiger partial charge in [0, 0.05) is 16.8 Å². The van der Waals surface area contributed by atoms with Crippen LogP contribution in [0.4, 0.5) is 21.9 Å². The van der Waals surface area contributed by atoms with Gasteiger partial charge in [-0.3, -0.25) is 39.5 Å². The molecule has 13 nitrogen and oxygen atoms in total. The molecule has 1 saturated heterocycles. The normalized spacial score (nSPS) is 13.8. The Bertz CT molecular complexity index is 1590. The minimum Gasteiger partial charge on any atom is -0.493 e. The Morgan fingerprint density at radius 1 is 1.02 bits per heavy atom. The number of benzene rings is 3. The average molecular weight is 585 g/mol. The molecule has 3 amide bonds. The number of hydrogen-bond donors (Lipinski definition) is 1. The fourth-order valence-corrected chi connectivity index (χ4v) is 4.55. The molecule has 0 saturated carbocycles. The van der Waals surface area contributed by atoms with E-state index < -0.39 is 44.8 Å². The molecule has 4 rings (SSSR count). The number of nitrogens with one attached hydrogen (secondary N) is 1. The molecule has 1 heterocycles. The standard InChI is InChI=1S/C25H17ClN4O9S/c1-38-21-9-14(5-7-20(21)39-19-8-6-17(29(34)35)12-18(19)30(36)37)10-22-24(32)28(25(33)40-22)13-23(31)27-16-4-2-3-15(26)11-16/h2-12H,13H2,1H3,(H,27,31)/b22-10+. The first-order chi connectivity index (χ1) is 19.0. The highest BCUT2D eigenvalue weighted by molar-refractivity contribution is 8.18. The predicted octanol–water partition coefficient (Wildman–Crippen LogP) is 5.63. The van der Waals surface area contributed by atoms with Crippen molar-refractivity contribution in [3.63, 3.8) is 0 Å². The minimum atomic E-state index is -0.811. The molecule has 0 radical (unpaired) electrons. The number of hydrogen-bond acceptors (Lipinski definition) is 10. The minimum absolute atomic E-state index is 0.0577. The van der Waals surface area contributed by atoms with Gasteiger partial charge < -0.3 is 14.8 Å². The number of amides is 3. The molecule has 1 aliphatic rings. The number of anilines is 1. The van der Waals surface area contributed by atoms with Gasteiger partial charge in [0.25, 0.3) is 16.8 Å². The number of carbonyl (C=O) groups excluding carboxylic acids is 3. The molecule has 3 aromatic rings. The second-order valence-corrected chi connectivity index (χ2v) is 9.43. The van der Waals surface area contributed by atoms with E-state index in [4.69, 9.17) is 21.1 Å². The second kappa shape index (κ2) is 11.8. The van der Waals surface area contributed by atoms with Crippen molar-refractivity contribution in [1.82, 2.24) is 4.90 Å². The van der Waals surface area contributed by atoms with Crippen molar-refractivity contribution in [3.05, 3.63) is 96.4 Å². The Labute approximate surface area is 234 Å². The monoisotopic (exact) mass is 584 g/mol. The SMILES string of the molecule is COc1cc(/C=C2/SC(=O)N(CC(=O)Nc3cccc(Cl)c3)C2=O)ccc1Oc1ccc([N+](=O)[O-])cc1[N+](=O)[O-]. The first kappa shape index (κ1) is 28.1. The van der Waals surface area contributed by atoms with E-state index in [2.05, 4.69) is 5.32 Å². The third-order valence-electron chi connectivity index (χ3n) is 5.34. The van der Waals surface area contributed by atoms with Gasteiger partial charge in [0.2, 0.25) is 11.7 Å². The Balaban J connectivity index is 1.51. The molecule has 15 heteroatoms. The number of nitro groups is 2. The summed E-state index contributed by atoms with van der Waals surface area (Å²) in [5.41, 5.74) is -0.254. The van der Waals surface area contributed by atoms with Crippen LogP contribution in [0.3, 0.4) is 0 Å². The zero-order valence-electron chi connectivity index (χ0n) is 20.4. The molecule has 3 aromatic carbocycles. The van der Waals surface area contributed by atoms with Crippen molar-refractivity contribution in [1.29, 1.82) is 0 Å². The first-order valence-electron chi connectivity index (χ1n) is 11.1. The van der Waals surface area contributed by atoms with Crippen molar-refractivity contribution < 1.29 is 33.7 Å². The van der Waals surface area contributed by atoms with Crippen LogP contribution in [0, 0.1) is 20.2 Å².